The van der Waals surface area contributed by atoms with Crippen molar-refractivity contribution in [1.82, 2.24) is 0 Å². The van der Waals surface area contributed by atoms with Gasteiger partial charge in [0.05, 0.1) is 0 Å². The van der Waals surface area contributed by atoms with Gasteiger partial charge >= 0.3 is 0 Å². The normalized spacial score (nSPS) is 28.5. The van der Waals surface area contributed by atoms with Crippen LogP contribution in [-0.4, -0.2) is 15.5 Å². The van der Waals surface area contributed by atoms with Crippen molar-refractivity contribution >= 4 is 37.8 Å². The Hall–Kier alpha value is -0.750. The van der Waals surface area contributed by atoms with E-state index in [1.165, 1.54) is 0 Å². The molecule has 0 amide bonds. The van der Waals surface area contributed by atoms with Crippen molar-refractivity contribution in [2.75, 3.05) is 0 Å². The highest BCUT2D eigenvalue weighted by Crippen LogP contribution is 2.42. The van der Waals surface area contributed by atoms with E-state index >= 15 is 0 Å². The predicted octanol–water partition coefficient (Wildman–Crippen LogP) is 1.02. The Labute approximate surface area is 102 Å². The lowest BCUT2D eigenvalue weighted by Crippen LogP contribution is -2.57. The number of benzene rings is 1. The molecule has 15 heavy (non-hydrogen) atoms. The highest BCUT2D eigenvalue weighted by atomic mass is 79.9. The van der Waals surface area contributed by atoms with E-state index in [9.17, 15) is 9.90 Å². The maximum absolute atomic E-state index is 10.9. The Balaban J connectivity index is 2.41. The number of carboxylic acid groups (broad SMARTS) is 1. The van der Waals surface area contributed by atoms with E-state index < -0.39 is 15.5 Å². The number of fused-ring (bicyclic) bond motifs is 1. The van der Waals surface area contributed by atoms with Gasteiger partial charge in [-0.25, -0.2) is 0 Å². The molecule has 1 heterocycles. The molecule has 0 saturated carbocycles. The third-order valence-electron chi connectivity index (χ3n) is 1.91. The second kappa shape index (κ2) is 3.68. The van der Waals surface area contributed by atoms with Crippen LogP contribution in [0.5, 0.6) is 11.5 Å². The van der Waals surface area contributed by atoms with Crippen molar-refractivity contribution in [3.8, 4) is 11.5 Å². The van der Waals surface area contributed by atoms with Crippen molar-refractivity contribution < 1.29 is 19.4 Å². The lowest BCUT2D eigenvalue weighted by atomic mass is 10.2. The monoisotopic (exact) mass is 335 g/mol. The fourth-order valence-corrected chi connectivity index (χ4v) is 1.91. The average molecular weight is 337 g/mol. The second-order valence-electron chi connectivity index (χ2n) is 2.92. The standard InChI is InChI=1S/C9H6Br2O4/c10-7-9(11,8(12)13)15-6-4-2-1-3-5(6)14-7/h1-4,7H,(H,12,13)/p-1. The van der Waals surface area contributed by atoms with Crippen molar-refractivity contribution in [2.24, 2.45) is 0 Å². The number of aliphatic carboxylic acids is 1. The van der Waals surface area contributed by atoms with Gasteiger partial charge in [-0.15, -0.1) is 0 Å². The molecule has 6 heteroatoms. The number of hydrogen-bond acceptors (Lipinski definition) is 4. The summed E-state index contributed by atoms with van der Waals surface area (Å²) in [5.74, 6) is -0.566. The molecule has 0 N–H and O–H groups in total. The number of ether oxygens (including phenoxy) is 2. The van der Waals surface area contributed by atoms with Crippen molar-refractivity contribution in [3.63, 3.8) is 0 Å². The number of carbonyl (C=O) groups is 1. The molecular weight excluding hydrogens is 332 g/mol. The summed E-state index contributed by atoms with van der Waals surface area (Å²) in [6.07, 6.45) is 0. The zero-order valence-electron chi connectivity index (χ0n) is 7.28. The van der Waals surface area contributed by atoms with Gasteiger partial charge in [-0.2, -0.15) is 0 Å². The second-order valence-corrected chi connectivity index (χ2v) is 4.92. The summed E-state index contributed by atoms with van der Waals surface area (Å²) in [6.45, 7) is 0. The minimum absolute atomic E-state index is 0.356. The Morgan fingerprint density at radius 2 is 2.00 bits per heavy atom. The summed E-state index contributed by atoms with van der Waals surface area (Å²) in [7, 11) is 0. The molecule has 1 aromatic carbocycles. The van der Waals surface area contributed by atoms with Crippen LogP contribution in [0.1, 0.15) is 0 Å². The van der Waals surface area contributed by atoms with Crippen molar-refractivity contribution in [3.05, 3.63) is 24.3 Å². The summed E-state index contributed by atoms with van der Waals surface area (Å²) < 4.78 is 8.90. The third kappa shape index (κ3) is 1.72. The number of para-hydroxylation sites is 2. The molecule has 80 valence electrons. The van der Waals surface area contributed by atoms with Crippen molar-refractivity contribution in [2.45, 2.75) is 9.52 Å². The number of alkyl halides is 2. The number of rotatable bonds is 1. The summed E-state index contributed by atoms with van der Waals surface area (Å²) in [5, 5.41) is 10.0. The highest BCUT2D eigenvalue weighted by Gasteiger charge is 2.45. The molecule has 2 unspecified atom stereocenters. The Morgan fingerprint density at radius 3 is 2.60 bits per heavy atom. The number of carbonyl (C=O) groups excluding carboxylic acids is 1. The lowest BCUT2D eigenvalue weighted by molar-refractivity contribution is -0.317. The van der Waals surface area contributed by atoms with Crippen LogP contribution < -0.4 is 14.6 Å². The van der Waals surface area contributed by atoms with E-state index in [1.54, 1.807) is 24.3 Å². The van der Waals surface area contributed by atoms with Gasteiger partial charge in [0.2, 0.25) is 9.52 Å². The van der Waals surface area contributed by atoms with E-state index in [2.05, 4.69) is 31.9 Å². The zero-order chi connectivity index (χ0) is 11.1. The molecule has 1 aliphatic rings. The topological polar surface area (TPSA) is 58.6 Å². The molecule has 1 aromatic rings. The van der Waals surface area contributed by atoms with Gasteiger partial charge in [-0.05, 0) is 44.0 Å². The molecule has 0 aromatic heterocycles. The molecular formula is C9H5Br2O4-. The van der Waals surface area contributed by atoms with Gasteiger partial charge in [-0.3, -0.25) is 0 Å². The van der Waals surface area contributed by atoms with Crippen LogP contribution in [-0.2, 0) is 4.79 Å². The van der Waals surface area contributed by atoms with Crippen LogP contribution in [0.15, 0.2) is 24.3 Å². The first-order chi connectivity index (χ1) is 7.04. The predicted molar refractivity (Wildman–Crippen MR) is 57.1 cm³/mol. The van der Waals surface area contributed by atoms with E-state index in [-0.39, 0.29) is 0 Å². The van der Waals surface area contributed by atoms with E-state index in [1.807, 2.05) is 0 Å². The Bertz CT molecular complexity index is 409. The Morgan fingerprint density at radius 1 is 1.40 bits per heavy atom. The summed E-state index contributed by atoms with van der Waals surface area (Å²) in [6, 6.07) is 6.79. The van der Waals surface area contributed by atoms with Crippen LogP contribution in [0.3, 0.4) is 0 Å². The molecule has 0 fully saturated rings. The van der Waals surface area contributed by atoms with E-state index in [0.29, 0.717) is 11.5 Å². The zero-order valence-corrected chi connectivity index (χ0v) is 10.4. The number of halogens is 2. The molecule has 0 aliphatic carbocycles. The minimum atomic E-state index is -1.71. The fourth-order valence-electron chi connectivity index (χ4n) is 1.16. The first kappa shape index (κ1) is 10.8. The SMILES string of the molecule is O=C([O-])C1(Br)Oc2ccccc2OC1Br. The van der Waals surface area contributed by atoms with Gasteiger partial charge in [-0.1, -0.05) is 12.1 Å². The fraction of sp³-hybridized carbons (Fsp3) is 0.222. The van der Waals surface area contributed by atoms with Gasteiger partial charge in [0, 0.05) is 0 Å². The van der Waals surface area contributed by atoms with Gasteiger partial charge in [0.25, 0.3) is 0 Å². The molecule has 1 aliphatic heterocycles. The highest BCUT2D eigenvalue weighted by molar-refractivity contribution is 9.12. The number of hydrogen-bond donors (Lipinski definition) is 0. The maximum Gasteiger partial charge on any atom is 0.249 e. The van der Waals surface area contributed by atoms with Gasteiger partial charge in [0.1, 0.15) is 5.97 Å². The largest absolute Gasteiger partial charge is 0.545 e. The minimum Gasteiger partial charge on any atom is -0.545 e. The van der Waals surface area contributed by atoms with E-state index in [4.69, 9.17) is 9.47 Å². The van der Waals surface area contributed by atoms with Crippen molar-refractivity contribution in [1.29, 1.82) is 0 Å². The molecule has 4 nitrogen and oxygen atoms in total. The molecule has 0 saturated heterocycles. The number of carboxylic acids is 1. The van der Waals surface area contributed by atoms with Crippen LogP contribution in [0, 0.1) is 0 Å². The molecule has 0 spiro atoms. The molecule has 0 bridgehead atoms. The summed E-state index contributed by atoms with van der Waals surface area (Å²) >= 11 is 6.01. The van der Waals surface area contributed by atoms with E-state index in [0.717, 1.165) is 0 Å². The maximum atomic E-state index is 10.9. The lowest BCUT2D eigenvalue weighted by Gasteiger charge is -2.38. The molecule has 2 atom stereocenters. The summed E-state index contributed by atoms with van der Waals surface area (Å²) in [4.78, 5) is 10.9. The quantitative estimate of drug-likeness (QED) is 0.718. The molecule has 0 radical (unpaired) electrons. The molecule has 2 rings (SSSR count). The summed E-state index contributed by atoms with van der Waals surface area (Å²) in [5.41, 5.74) is 0. The third-order valence-corrected chi connectivity index (χ3v) is 4.26. The smallest absolute Gasteiger partial charge is 0.249 e. The average Bonchev–Trinajstić information content (AvgIpc) is 2.19. The van der Waals surface area contributed by atoms with Gasteiger partial charge in [0.15, 0.2) is 11.5 Å². The first-order valence-corrected chi connectivity index (χ1v) is 5.74. The Kier molecular flexibility index (Phi) is 2.64. The van der Waals surface area contributed by atoms with Crippen LogP contribution in [0.25, 0.3) is 0 Å². The van der Waals surface area contributed by atoms with Crippen LogP contribution >= 0.6 is 31.9 Å². The van der Waals surface area contributed by atoms with Crippen LogP contribution in [0.2, 0.25) is 0 Å². The van der Waals surface area contributed by atoms with Gasteiger partial charge < -0.3 is 19.4 Å². The van der Waals surface area contributed by atoms with Crippen LogP contribution in [0.4, 0.5) is 0 Å². The first-order valence-electron chi connectivity index (χ1n) is 4.03.